The van der Waals surface area contributed by atoms with Gasteiger partial charge in [-0.25, -0.2) is 0 Å². The van der Waals surface area contributed by atoms with E-state index in [9.17, 15) is 9.59 Å². The van der Waals surface area contributed by atoms with Gasteiger partial charge in [-0.15, -0.1) is 0 Å². The van der Waals surface area contributed by atoms with Crippen LogP contribution in [0.3, 0.4) is 0 Å². The van der Waals surface area contributed by atoms with Crippen LogP contribution in [0.15, 0.2) is 18.2 Å². The van der Waals surface area contributed by atoms with Gasteiger partial charge in [0.25, 0.3) is 0 Å². The highest BCUT2D eigenvalue weighted by Crippen LogP contribution is 2.28. The van der Waals surface area contributed by atoms with E-state index in [0.717, 1.165) is 5.75 Å². The molecule has 0 radical (unpaired) electrons. The summed E-state index contributed by atoms with van der Waals surface area (Å²) < 4.78 is 5.18. The van der Waals surface area contributed by atoms with Crippen molar-refractivity contribution in [2.24, 2.45) is 0 Å². The molecule has 2 amide bonds. The van der Waals surface area contributed by atoms with E-state index in [1.807, 2.05) is 6.26 Å². The van der Waals surface area contributed by atoms with Gasteiger partial charge in [-0.3, -0.25) is 9.59 Å². The molecule has 0 bridgehead atoms. The summed E-state index contributed by atoms with van der Waals surface area (Å²) in [7, 11) is 1.53. The Bertz CT molecular complexity index is 463. The van der Waals surface area contributed by atoms with Gasteiger partial charge in [0.05, 0.1) is 12.8 Å². The summed E-state index contributed by atoms with van der Waals surface area (Å²) in [6.07, 6.45) is 2.39. The molecule has 0 saturated carbocycles. The molecule has 0 aliphatic rings. The van der Waals surface area contributed by atoms with Crippen molar-refractivity contribution < 1.29 is 14.3 Å². The van der Waals surface area contributed by atoms with Gasteiger partial charge in [-0.05, 0) is 24.5 Å². The number of ether oxygens (including phenoxy) is 1. The summed E-state index contributed by atoms with van der Waals surface area (Å²) in [6.45, 7) is 1.43. The Morgan fingerprint density at radius 3 is 2.63 bits per heavy atom. The highest BCUT2D eigenvalue weighted by Gasteiger charge is 2.09. The van der Waals surface area contributed by atoms with Crippen LogP contribution < -0.4 is 15.4 Å². The van der Waals surface area contributed by atoms with Crippen LogP contribution in [0, 0.1) is 0 Å². The Morgan fingerprint density at radius 2 is 2.05 bits per heavy atom. The molecule has 0 aromatic heterocycles. The van der Waals surface area contributed by atoms with E-state index in [-0.39, 0.29) is 11.8 Å². The van der Waals surface area contributed by atoms with Crippen molar-refractivity contribution in [2.45, 2.75) is 13.3 Å². The standard InChI is InChI=1S/C13H18N2O3S/c1-9(16)14-10-4-5-12(18-2)11(8-10)15-13(17)6-7-19-3/h4-5,8H,6-7H2,1-3H3,(H,14,16)(H,15,17). The molecule has 0 heterocycles. The average molecular weight is 282 g/mol. The van der Waals surface area contributed by atoms with E-state index < -0.39 is 0 Å². The third-order valence-corrected chi connectivity index (χ3v) is 2.94. The van der Waals surface area contributed by atoms with Gasteiger partial charge in [0, 0.05) is 24.8 Å². The number of anilines is 2. The van der Waals surface area contributed by atoms with E-state index in [2.05, 4.69) is 10.6 Å². The number of benzene rings is 1. The molecule has 0 spiro atoms. The Hall–Kier alpha value is -1.69. The second-order valence-corrected chi connectivity index (χ2v) is 4.87. The second-order valence-electron chi connectivity index (χ2n) is 3.89. The maximum Gasteiger partial charge on any atom is 0.225 e. The Labute approximate surface area is 117 Å². The Balaban J connectivity index is 2.83. The minimum atomic E-state index is -0.162. The maximum absolute atomic E-state index is 11.7. The highest BCUT2D eigenvalue weighted by molar-refractivity contribution is 7.98. The van der Waals surface area contributed by atoms with Gasteiger partial charge >= 0.3 is 0 Å². The SMILES string of the molecule is COc1ccc(NC(C)=O)cc1NC(=O)CCSC. The molecule has 1 aromatic carbocycles. The summed E-state index contributed by atoms with van der Waals surface area (Å²) in [4.78, 5) is 22.7. The molecule has 1 rings (SSSR count). The number of thioether (sulfide) groups is 1. The van der Waals surface area contributed by atoms with Crippen molar-refractivity contribution in [3.8, 4) is 5.75 Å². The Morgan fingerprint density at radius 1 is 1.32 bits per heavy atom. The minimum absolute atomic E-state index is 0.0763. The fraction of sp³-hybridized carbons (Fsp3) is 0.385. The molecule has 0 fully saturated rings. The number of nitrogens with one attached hydrogen (secondary N) is 2. The lowest BCUT2D eigenvalue weighted by Gasteiger charge is -2.12. The third-order valence-electron chi connectivity index (χ3n) is 2.33. The van der Waals surface area contributed by atoms with Gasteiger partial charge in [0.1, 0.15) is 5.75 Å². The predicted molar refractivity (Wildman–Crippen MR) is 78.9 cm³/mol. The van der Waals surface area contributed by atoms with Crippen LogP contribution in [0.5, 0.6) is 5.75 Å². The number of rotatable bonds is 6. The fourth-order valence-electron chi connectivity index (χ4n) is 1.49. The normalized spacial score (nSPS) is 9.84. The van der Waals surface area contributed by atoms with Gasteiger partial charge in [-0.2, -0.15) is 11.8 Å². The first-order chi connectivity index (χ1) is 9.06. The molecule has 2 N–H and O–H groups in total. The lowest BCUT2D eigenvalue weighted by molar-refractivity contribution is -0.116. The minimum Gasteiger partial charge on any atom is -0.495 e. The average Bonchev–Trinajstić information content (AvgIpc) is 2.36. The molecule has 1 aromatic rings. The molecule has 104 valence electrons. The monoisotopic (exact) mass is 282 g/mol. The zero-order chi connectivity index (χ0) is 14.3. The van der Waals surface area contributed by atoms with Gasteiger partial charge in [0.15, 0.2) is 0 Å². The first kappa shape index (κ1) is 15.4. The summed E-state index contributed by atoms with van der Waals surface area (Å²) in [6, 6.07) is 5.10. The molecule has 0 aliphatic heterocycles. The van der Waals surface area contributed by atoms with Crippen LogP contribution in [0.4, 0.5) is 11.4 Å². The van der Waals surface area contributed by atoms with Crippen LogP contribution in [-0.4, -0.2) is 30.9 Å². The molecular formula is C13H18N2O3S. The highest BCUT2D eigenvalue weighted by atomic mass is 32.2. The second kappa shape index (κ2) is 7.68. The summed E-state index contributed by atoms with van der Waals surface area (Å²) in [5.74, 6) is 1.09. The number of hydrogen-bond donors (Lipinski definition) is 2. The van der Waals surface area contributed by atoms with Crippen LogP contribution in [0.1, 0.15) is 13.3 Å². The molecule has 5 nitrogen and oxygen atoms in total. The maximum atomic E-state index is 11.7. The molecule has 6 heteroatoms. The largest absolute Gasteiger partial charge is 0.495 e. The van der Waals surface area contributed by atoms with Crippen molar-refractivity contribution in [1.82, 2.24) is 0 Å². The number of hydrogen-bond acceptors (Lipinski definition) is 4. The topological polar surface area (TPSA) is 67.4 Å². The molecule has 0 atom stereocenters. The number of amides is 2. The van der Waals surface area contributed by atoms with Crippen molar-refractivity contribution >= 4 is 35.0 Å². The number of carbonyl (C=O) groups is 2. The quantitative estimate of drug-likeness (QED) is 0.840. The van der Waals surface area contributed by atoms with E-state index in [0.29, 0.717) is 23.5 Å². The van der Waals surface area contributed by atoms with Gasteiger partial charge in [0.2, 0.25) is 11.8 Å². The molecule has 19 heavy (non-hydrogen) atoms. The lowest BCUT2D eigenvalue weighted by Crippen LogP contribution is -2.13. The third kappa shape index (κ3) is 5.21. The van der Waals surface area contributed by atoms with Crippen LogP contribution in [-0.2, 0) is 9.59 Å². The first-order valence-electron chi connectivity index (χ1n) is 5.81. The fourth-order valence-corrected chi connectivity index (χ4v) is 1.88. The van der Waals surface area contributed by atoms with Crippen molar-refractivity contribution in [1.29, 1.82) is 0 Å². The van der Waals surface area contributed by atoms with Crippen molar-refractivity contribution in [3.05, 3.63) is 18.2 Å². The zero-order valence-electron chi connectivity index (χ0n) is 11.3. The smallest absolute Gasteiger partial charge is 0.225 e. The predicted octanol–water partition coefficient (Wildman–Crippen LogP) is 2.35. The molecule has 0 aliphatic carbocycles. The van der Waals surface area contributed by atoms with E-state index in [1.54, 1.807) is 30.0 Å². The zero-order valence-corrected chi connectivity index (χ0v) is 12.1. The van der Waals surface area contributed by atoms with Crippen LogP contribution >= 0.6 is 11.8 Å². The molecular weight excluding hydrogens is 264 g/mol. The molecule has 0 unspecified atom stereocenters. The van der Waals surface area contributed by atoms with Gasteiger partial charge < -0.3 is 15.4 Å². The number of methoxy groups -OCH3 is 1. The molecule has 0 saturated heterocycles. The van der Waals surface area contributed by atoms with Crippen LogP contribution in [0.25, 0.3) is 0 Å². The lowest BCUT2D eigenvalue weighted by atomic mass is 10.2. The summed E-state index contributed by atoms with van der Waals surface area (Å²) in [5, 5.41) is 5.44. The Kier molecular flexibility index (Phi) is 6.21. The van der Waals surface area contributed by atoms with Gasteiger partial charge in [-0.1, -0.05) is 0 Å². The van der Waals surface area contributed by atoms with E-state index >= 15 is 0 Å². The summed E-state index contributed by atoms with van der Waals surface area (Å²) >= 11 is 1.61. The number of carbonyl (C=O) groups excluding carboxylic acids is 2. The summed E-state index contributed by atoms with van der Waals surface area (Å²) in [5.41, 5.74) is 1.17. The van der Waals surface area contributed by atoms with E-state index in [1.165, 1.54) is 14.0 Å². The van der Waals surface area contributed by atoms with Crippen molar-refractivity contribution in [3.63, 3.8) is 0 Å². The first-order valence-corrected chi connectivity index (χ1v) is 7.20. The van der Waals surface area contributed by atoms with Crippen molar-refractivity contribution in [2.75, 3.05) is 29.8 Å². The van der Waals surface area contributed by atoms with E-state index in [4.69, 9.17) is 4.74 Å². The van der Waals surface area contributed by atoms with Crippen LogP contribution in [0.2, 0.25) is 0 Å².